The van der Waals surface area contributed by atoms with Crippen LogP contribution < -0.4 is 4.90 Å². The molecule has 0 fully saturated rings. The molecule has 2 aliphatic carbocycles. The van der Waals surface area contributed by atoms with Crippen LogP contribution in [0.1, 0.15) is 79.5 Å². The van der Waals surface area contributed by atoms with E-state index in [-0.39, 0.29) is 0 Å². The molecule has 8 nitrogen and oxygen atoms in total. The van der Waals surface area contributed by atoms with E-state index in [4.69, 9.17) is 19.9 Å². The molecule has 5 aromatic heterocycles. The SMILES string of the molecule is CCCC1=Cc2c(n(-c3nc(-c4ccccc4)nc(-c4cc5c6ccccc6n(C6=CCCC=C6)c5cn4)n3)c3c2c(C)cc2c4cc(CCC)ccc4n(-c4ccc5c(c4)N(c4ccccc4)c4ccccc4C5)c23)CC=C1. The van der Waals surface area contributed by atoms with Gasteiger partial charge in [-0.15, -0.1) is 0 Å². The van der Waals surface area contributed by atoms with Crippen LogP contribution in [0.15, 0.2) is 200 Å². The Morgan fingerprint density at radius 3 is 2.16 bits per heavy atom. The number of aromatic nitrogens is 7. The molecule has 0 amide bonds. The fourth-order valence-corrected chi connectivity index (χ4v) is 13.0. The molecule has 6 heterocycles. The summed E-state index contributed by atoms with van der Waals surface area (Å²) >= 11 is 0. The molecule has 0 unspecified atom stereocenters. The van der Waals surface area contributed by atoms with Gasteiger partial charge < -0.3 is 14.0 Å². The van der Waals surface area contributed by atoms with Gasteiger partial charge in [-0.05, 0) is 133 Å². The van der Waals surface area contributed by atoms with Crippen molar-refractivity contribution < 1.29 is 0 Å². The highest BCUT2D eigenvalue weighted by Gasteiger charge is 2.30. The summed E-state index contributed by atoms with van der Waals surface area (Å²) in [4.78, 5) is 24.3. The van der Waals surface area contributed by atoms with Crippen LogP contribution in [0.5, 0.6) is 0 Å². The quantitative estimate of drug-likeness (QED) is 0.137. The maximum Gasteiger partial charge on any atom is 0.238 e. The fourth-order valence-electron chi connectivity index (χ4n) is 13.0. The number of benzene rings is 7. The fraction of sp³-hybridized carbons (Fsp3) is 0.155. The molecule has 0 saturated carbocycles. The minimum Gasteiger partial charge on any atom is -0.310 e. The van der Waals surface area contributed by atoms with Crippen LogP contribution in [-0.4, -0.2) is 33.6 Å². The molecule has 0 saturated heterocycles. The Balaban J connectivity index is 1.04. The summed E-state index contributed by atoms with van der Waals surface area (Å²) in [6.07, 6.45) is 23.6. The van der Waals surface area contributed by atoms with Gasteiger partial charge in [-0.3, -0.25) is 9.55 Å². The summed E-state index contributed by atoms with van der Waals surface area (Å²) in [6.45, 7) is 6.84. The topological polar surface area (TPSA) is 69.6 Å². The average molecular weight is 1020 g/mol. The van der Waals surface area contributed by atoms with Crippen molar-refractivity contribution >= 4 is 83.3 Å². The Bertz CT molecular complexity index is 4580. The van der Waals surface area contributed by atoms with Gasteiger partial charge in [0, 0.05) is 79.4 Å². The second kappa shape index (κ2) is 19.0. The first-order chi connectivity index (χ1) is 39.0. The van der Waals surface area contributed by atoms with E-state index in [9.17, 15) is 0 Å². The Hall–Kier alpha value is -9.40. The molecule has 8 heteroatoms. The molecular formula is C71H58N8. The largest absolute Gasteiger partial charge is 0.310 e. The molecule has 0 radical (unpaired) electrons. The summed E-state index contributed by atoms with van der Waals surface area (Å²) in [5.74, 6) is 1.67. The highest BCUT2D eigenvalue weighted by atomic mass is 15.2. The first-order valence-corrected chi connectivity index (χ1v) is 28.2. The van der Waals surface area contributed by atoms with Gasteiger partial charge in [0.25, 0.3) is 0 Å². The normalized spacial score (nSPS) is 14.0. The van der Waals surface area contributed by atoms with Crippen molar-refractivity contribution in [2.45, 2.75) is 72.1 Å². The third kappa shape index (κ3) is 7.64. The summed E-state index contributed by atoms with van der Waals surface area (Å²) in [7, 11) is 0. The van der Waals surface area contributed by atoms with E-state index in [1.807, 2.05) is 12.3 Å². The van der Waals surface area contributed by atoms with E-state index >= 15 is 0 Å². The molecule has 12 aromatic rings. The minimum absolute atomic E-state index is 0.519. The molecule has 382 valence electrons. The van der Waals surface area contributed by atoms with Crippen LogP contribution in [0.4, 0.5) is 17.1 Å². The number of hydrogen-bond donors (Lipinski definition) is 0. The van der Waals surface area contributed by atoms with Crippen LogP contribution >= 0.6 is 0 Å². The molecule has 7 aromatic carbocycles. The minimum atomic E-state index is 0.519. The van der Waals surface area contributed by atoms with Crippen LogP contribution in [0.25, 0.3) is 101 Å². The average Bonchev–Trinajstić information content (AvgIpc) is 3.50. The van der Waals surface area contributed by atoms with Crippen molar-refractivity contribution in [2.24, 2.45) is 0 Å². The smallest absolute Gasteiger partial charge is 0.238 e. The molecule has 1 aliphatic heterocycles. The van der Waals surface area contributed by atoms with Gasteiger partial charge in [-0.25, -0.2) is 4.98 Å². The number of aryl methyl sites for hydroxylation is 2. The van der Waals surface area contributed by atoms with Gasteiger partial charge in [-0.1, -0.05) is 148 Å². The number of pyridine rings is 1. The number of fused-ring (bicyclic) bond motifs is 12. The molecule has 0 spiro atoms. The molecule has 79 heavy (non-hydrogen) atoms. The standard InChI is InChI=1S/C71H58N8/c1-4-20-46-22-19-33-62-58(40-46)66-45(3)38-57-55-39-47(21-5-2)34-37-63(55)78(53-36-35-50-41-49-25-15-17-31-60(49)76(64(50)42-53)51-26-11-7-12-27-51)67(57)68(66)79(62)71-74-69(48-23-9-6-10-24-48)73-70(75-71)59-43-56-54-30-16-18-32-61(54)77(65(56)44-72-59)52-28-13-8-14-29-52/h6-7,9-13,15-19,22-32,34-40,42-44H,4-5,8,14,20-21,33,41H2,1-3H3. The van der Waals surface area contributed by atoms with E-state index < -0.39 is 0 Å². The molecule has 15 rings (SSSR count). The van der Waals surface area contributed by atoms with E-state index in [1.54, 1.807) is 0 Å². The van der Waals surface area contributed by atoms with Gasteiger partial charge in [0.15, 0.2) is 11.6 Å². The molecule has 0 N–H and O–H groups in total. The number of allylic oxidation sites excluding steroid dienone is 7. The first kappa shape index (κ1) is 46.9. The monoisotopic (exact) mass is 1020 g/mol. The first-order valence-electron chi connectivity index (χ1n) is 28.2. The Labute approximate surface area is 459 Å². The third-order valence-corrected chi connectivity index (χ3v) is 16.5. The van der Waals surface area contributed by atoms with Gasteiger partial charge in [-0.2, -0.15) is 9.97 Å². The summed E-state index contributed by atoms with van der Waals surface area (Å²) in [5.41, 5.74) is 21.8. The highest BCUT2D eigenvalue weighted by Crippen LogP contribution is 2.48. The van der Waals surface area contributed by atoms with Crippen molar-refractivity contribution in [3.63, 3.8) is 0 Å². The Morgan fingerprint density at radius 2 is 1.32 bits per heavy atom. The molecule has 3 aliphatic rings. The zero-order valence-electron chi connectivity index (χ0n) is 44.8. The number of anilines is 3. The van der Waals surface area contributed by atoms with Gasteiger partial charge in [0.05, 0.1) is 39.5 Å². The zero-order chi connectivity index (χ0) is 52.7. The highest BCUT2D eigenvalue weighted by molar-refractivity contribution is 6.21. The lowest BCUT2D eigenvalue weighted by Gasteiger charge is -2.34. The van der Waals surface area contributed by atoms with Crippen LogP contribution in [-0.2, 0) is 19.3 Å². The number of hydrogen-bond acceptors (Lipinski definition) is 5. The Kier molecular flexibility index (Phi) is 11.2. The zero-order valence-corrected chi connectivity index (χ0v) is 44.8. The van der Waals surface area contributed by atoms with E-state index in [0.29, 0.717) is 29.7 Å². The maximum absolute atomic E-state index is 5.64. The van der Waals surface area contributed by atoms with Crippen LogP contribution in [0.3, 0.4) is 0 Å². The van der Waals surface area contributed by atoms with Crippen molar-refractivity contribution in [3.8, 4) is 34.5 Å². The second-order valence-electron chi connectivity index (χ2n) is 21.5. The Morgan fingerprint density at radius 1 is 0.544 bits per heavy atom. The van der Waals surface area contributed by atoms with Gasteiger partial charge in [0.2, 0.25) is 5.95 Å². The lowest BCUT2D eigenvalue weighted by Crippen LogP contribution is -2.18. The van der Waals surface area contributed by atoms with Crippen LogP contribution in [0.2, 0.25) is 0 Å². The summed E-state index contributed by atoms with van der Waals surface area (Å²) in [6, 6.07) is 57.6. The molecule has 0 atom stereocenters. The molecular weight excluding hydrogens is 965 g/mol. The number of rotatable bonds is 10. The van der Waals surface area contributed by atoms with E-state index in [1.165, 1.54) is 66.6 Å². The third-order valence-electron chi connectivity index (χ3n) is 16.5. The van der Waals surface area contributed by atoms with Crippen molar-refractivity contribution in [1.29, 1.82) is 0 Å². The lowest BCUT2D eigenvalue weighted by atomic mass is 9.94. The van der Waals surface area contributed by atoms with Crippen LogP contribution in [0, 0.1) is 6.92 Å². The second-order valence-corrected chi connectivity index (χ2v) is 21.5. The number of para-hydroxylation sites is 3. The maximum atomic E-state index is 5.64. The van der Waals surface area contributed by atoms with E-state index in [0.717, 1.165) is 106 Å². The summed E-state index contributed by atoms with van der Waals surface area (Å²) in [5, 5.41) is 5.90. The number of nitrogens with zero attached hydrogens (tertiary/aromatic N) is 8. The van der Waals surface area contributed by atoms with E-state index in [2.05, 4.69) is 227 Å². The predicted molar refractivity (Wildman–Crippen MR) is 327 cm³/mol. The van der Waals surface area contributed by atoms with Gasteiger partial charge >= 0.3 is 0 Å². The van der Waals surface area contributed by atoms with Crippen molar-refractivity contribution in [1.82, 2.24) is 33.6 Å². The summed E-state index contributed by atoms with van der Waals surface area (Å²) < 4.78 is 7.28. The molecule has 0 bridgehead atoms. The van der Waals surface area contributed by atoms with Gasteiger partial charge in [0.1, 0.15) is 5.69 Å². The lowest BCUT2D eigenvalue weighted by molar-refractivity contribution is 0.887. The predicted octanol–water partition coefficient (Wildman–Crippen LogP) is 17.9. The van der Waals surface area contributed by atoms with Crippen molar-refractivity contribution in [3.05, 3.63) is 233 Å². The van der Waals surface area contributed by atoms with Crippen molar-refractivity contribution in [2.75, 3.05) is 4.90 Å².